The zero-order chi connectivity index (χ0) is 14.7. The lowest BCUT2D eigenvalue weighted by Gasteiger charge is -2.11. The van der Waals surface area contributed by atoms with E-state index in [0.717, 1.165) is 5.09 Å². The lowest BCUT2D eigenvalue weighted by atomic mass is 10.2. The summed E-state index contributed by atoms with van der Waals surface area (Å²) >= 11 is 1.67. The molecular formula is C15H20O3S. The second-order valence-electron chi connectivity index (χ2n) is 3.72. The van der Waals surface area contributed by atoms with E-state index in [1.807, 2.05) is 25.1 Å². The van der Waals surface area contributed by atoms with Gasteiger partial charge >= 0.3 is 0 Å². The largest absolute Gasteiger partial charge is 0.490 e. The first kappa shape index (κ1) is 17.3. The normalized spacial score (nSPS) is 10.0. The van der Waals surface area contributed by atoms with Crippen LogP contribution < -0.4 is 0 Å². The first-order chi connectivity index (χ1) is 9.10. The molecular weight excluding hydrogens is 260 g/mol. The molecule has 0 saturated carbocycles. The van der Waals surface area contributed by atoms with Crippen molar-refractivity contribution in [3.05, 3.63) is 52.6 Å². The van der Waals surface area contributed by atoms with Crippen molar-refractivity contribution in [3.8, 4) is 0 Å². The summed E-state index contributed by atoms with van der Waals surface area (Å²) in [6.45, 7) is 5.92. The highest BCUT2D eigenvalue weighted by Crippen LogP contribution is 2.35. The minimum Gasteiger partial charge on any atom is -0.490 e. The zero-order valence-electron chi connectivity index (χ0n) is 11.7. The SMILES string of the molecule is C/C=C(\SC(OC)=C(C)C)c1ccccc1.O=CO. The highest BCUT2D eigenvalue weighted by Gasteiger charge is 2.06. The Labute approximate surface area is 119 Å². The second-order valence-corrected chi connectivity index (χ2v) is 4.73. The molecule has 104 valence electrons. The Morgan fingerprint density at radius 1 is 1.26 bits per heavy atom. The van der Waals surface area contributed by atoms with Gasteiger partial charge in [0.2, 0.25) is 0 Å². The smallest absolute Gasteiger partial charge is 0.290 e. The van der Waals surface area contributed by atoms with Gasteiger partial charge in [0, 0.05) is 4.91 Å². The monoisotopic (exact) mass is 280 g/mol. The highest BCUT2D eigenvalue weighted by atomic mass is 32.2. The van der Waals surface area contributed by atoms with Crippen LogP contribution in [-0.4, -0.2) is 18.7 Å². The average molecular weight is 280 g/mol. The van der Waals surface area contributed by atoms with Gasteiger partial charge in [0.05, 0.1) is 7.11 Å². The molecule has 0 atom stereocenters. The molecule has 0 aromatic heterocycles. The minimum atomic E-state index is -0.250. The van der Waals surface area contributed by atoms with Crippen molar-refractivity contribution in [3.63, 3.8) is 0 Å². The molecule has 0 heterocycles. The van der Waals surface area contributed by atoms with Crippen molar-refractivity contribution in [2.24, 2.45) is 0 Å². The van der Waals surface area contributed by atoms with Gasteiger partial charge in [-0.05, 0) is 31.9 Å². The van der Waals surface area contributed by atoms with E-state index in [9.17, 15) is 0 Å². The molecule has 3 nitrogen and oxygen atoms in total. The predicted octanol–water partition coefficient (Wildman–Crippen LogP) is 4.38. The lowest BCUT2D eigenvalue weighted by molar-refractivity contribution is -0.122. The predicted molar refractivity (Wildman–Crippen MR) is 81.8 cm³/mol. The third-order valence-corrected chi connectivity index (χ3v) is 3.57. The average Bonchev–Trinajstić information content (AvgIpc) is 2.41. The summed E-state index contributed by atoms with van der Waals surface area (Å²) in [4.78, 5) is 9.58. The third-order valence-electron chi connectivity index (χ3n) is 2.12. The number of benzene rings is 1. The van der Waals surface area contributed by atoms with Crippen molar-refractivity contribution in [1.29, 1.82) is 0 Å². The van der Waals surface area contributed by atoms with Crippen LogP contribution in [0.2, 0.25) is 0 Å². The summed E-state index contributed by atoms with van der Waals surface area (Å²) in [5, 5.41) is 7.86. The van der Waals surface area contributed by atoms with E-state index in [1.165, 1.54) is 16.0 Å². The topological polar surface area (TPSA) is 46.5 Å². The van der Waals surface area contributed by atoms with Gasteiger partial charge in [-0.3, -0.25) is 4.79 Å². The molecule has 1 rings (SSSR count). The van der Waals surface area contributed by atoms with Crippen molar-refractivity contribution in [2.45, 2.75) is 20.8 Å². The van der Waals surface area contributed by atoms with Crippen LogP contribution in [0.5, 0.6) is 0 Å². The molecule has 0 spiro atoms. The molecule has 1 aromatic rings. The number of methoxy groups -OCH3 is 1. The fourth-order valence-electron chi connectivity index (χ4n) is 1.33. The summed E-state index contributed by atoms with van der Waals surface area (Å²) in [5.74, 6) is 0. The van der Waals surface area contributed by atoms with Gasteiger partial charge in [-0.1, -0.05) is 48.2 Å². The van der Waals surface area contributed by atoms with Crippen molar-refractivity contribution in [2.75, 3.05) is 7.11 Å². The number of ether oxygens (including phenoxy) is 1. The van der Waals surface area contributed by atoms with Gasteiger partial charge in [0.1, 0.15) is 0 Å². The molecule has 1 aromatic carbocycles. The van der Waals surface area contributed by atoms with Crippen molar-refractivity contribution >= 4 is 23.1 Å². The van der Waals surface area contributed by atoms with Gasteiger partial charge < -0.3 is 9.84 Å². The molecule has 0 saturated heterocycles. The number of hydrogen-bond acceptors (Lipinski definition) is 3. The summed E-state index contributed by atoms with van der Waals surface area (Å²) in [6.07, 6.45) is 2.11. The number of carbonyl (C=O) groups is 1. The lowest BCUT2D eigenvalue weighted by Crippen LogP contribution is -1.87. The molecule has 0 fully saturated rings. The number of carboxylic acid groups (broad SMARTS) is 1. The molecule has 0 unspecified atom stereocenters. The Morgan fingerprint density at radius 2 is 1.79 bits per heavy atom. The van der Waals surface area contributed by atoms with E-state index in [0.29, 0.717) is 0 Å². The van der Waals surface area contributed by atoms with Gasteiger partial charge in [-0.15, -0.1) is 0 Å². The highest BCUT2D eigenvalue weighted by molar-refractivity contribution is 8.11. The van der Waals surface area contributed by atoms with Crippen LogP contribution in [0.15, 0.2) is 47.1 Å². The van der Waals surface area contributed by atoms with Gasteiger partial charge in [0.15, 0.2) is 5.09 Å². The minimum absolute atomic E-state index is 0.250. The van der Waals surface area contributed by atoms with Crippen LogP contribution in [0.25, 0.3) is 4.91 Å². The number of hydrogen-bond donors (Lipinski definition) is 1. The maximum Gasteiger partial charge on any atom is 0.290 e. The van der Waals surface area contributed by atoms with E-state index in [2.05, 4.69) is 32.1 Å². The van der Waals surface area contributed by atoms with Gasteiger partial charge in [0.25, 0.3) is 6.47 Å². The second kappa shape index (κ2) is 10.3. The van der Waals surface area contributed by atoms with Gasteiger partial charge in [-0.25, -0.2) is 0 Å². The molecule has 0 aliphatic heterocycles. The number of allylic oxidation sites excluding steroid dienone is 2. The van der Waals surface area contributed by atoms with E-state index in [1.54, 1.807) is 18.9 Å². The summed E-state index contributed by atoms with van der Waals surface area (Å²) < 4.78 is 5.37. The van der Waals surface area contributed by atoms with Crippen LogP contribution in [0, 0.1) is 0 Å². The Morgan fingerprint density at radius 3 is 2.16 bits per heavy atom. The fraction of sp³-hybridized carbons (Fsp3) is 0.267. The molecule has 0 amide bonds. The molecule has 0 bridgehead atoms. The van der Waals surface area contributed by atoms with E-state index >= 15 is 0 Å². The molecule has 0 aliphatic carbocycles. The molecule has 4 heteroatoms. The quantitative estimate of drug-likeness (QED) is 0.656. The van der Waals surface area contributed by atoms with E-state index in [4.69, 9.17) is 14.6 Å². The van der Waals surface area contributed by atoms with Crippen LogP contribution in [0.1, 0.15) is 26.3 Å². The Kier molecular flexibility index (Phi) is 9.35. The molecule has 0 radical (unpaired) electrons. The first-order valence-electron chi connectivity index (χ1n) is 5.79. The number of thioether (sulfide) groups is 1. The molecule has 0 aliphatic rings. The van der Waals surface area contributed by atoms with Crippen LogP contribution in [-0.2, 0) is 9.53 Å². The maximum atomic E-state index is 8.36. The Balaban J connectivity index is 0.000000982. The van der Waals surface area contributed by atoms with Gasteiger partial charge in [-0.2, -0.15) is 0 Å². The molecule has 19 heavy (non-hydrogen) atoms. The first-order valence-corrected chi connectivity index (χ1v) is 6.61. The van der Waals surface area contributed by atoms with E-state index in [-0.39, 0.29) is 6.47 Å². The standard InChI is InChI=1S/C14H18OS.CH2O2/c1-5-13(12-9-7-6-8-10-12)16-14(15-4)11(2)3;2-1-3/h5-10H,1-4H3;1H,(H,2,3)/b13-5-;. The Bertz CT molecular complexity index is 432. The van der Waals surface area contributed by atoms with Crippen LogP contribution >= 0.6 is 11.8 Å². The summed E-state index contributed by atoms with van der Waals surface area (Å²) in [6, 6.07) is 10.4. The van der Waals surface area contributed by atoms with E-state index < -0.39 is 0 Å². The maximum absolute atomic E-state index is 8.36. The fourth-order valence-corrected chi connectivity index (χ4v) is 2.19. The molecule has 1 N–H and O–H groups in total. The summed E-state index contributed by atoms with van der Waals surface area (Å²) in [7, 11) is 1.72. The van der Waals surface area contributed by atoms with Crippen molar-refractivity contribution in [1.82, 2.24) is 0 Å². The summed E-state index contributed by atoms with van der Waals surface area (Å²) in [5.41, 5.74) is 2.42. The van der Waals surface area contributed by atoms with Crippen molar-refractivity contribution < 1.29 is 14.6 Å². The van der Waals surface area contributed by atoms with Crippen LogP contribution in [0.3, 0.4) is 0 Å². The third kappa shape index (κ3) is 6.72. The zero-order valence-corrected chi connectivity index (χ0v) is 12.5. The number of rotatable bonds is 4. The Hall–Kier alpha value is -1.68. The van der Waals surface area contributed by atoms with Crippen LogP contribution in [0.4, 0.5) is 0 Å².